The molecule has 0 unspecified atom stereocenters. The van der Waals surface area contributed by atoms with Gasteiger partial charge in [0.25, 0.3) is 0 Å². The molecule has 0 radical (unpaired) electrons. The van der Waals surface area contributed by atoms with Gasteiger partial charge in [-0.3, -0.25) is 9.79 Å². The van der Waals surface area contributed by atoms with E-state index in [1.54, 1.807) is 26.3 Å². The smallest absolute Gasteiger partial charge is 0.313 e. The van der Waals surface area contributed by atoms with Crippen molar-refractivity contribution in [2.24, 2.45) is 4.99 Å². The third-order valence-electron chi connectivity index (χ3n) is 2.87. The Kier molecular flexibility index (Phi) is 6.70. The van der Waals surface area contributed by atoms with Gasteiger partial charge in [-0.1, -0.05) is 11.8 Å². The molecule has 1 aromatic rings. The molecule has 0 heterocycles. The number of carboxylic acid groups (broad SMARTS) is 1. The summed E-state index contributed by atoms with van der Waals surface area (Å²) in [6, 6.07) is 4.84. The van der Waals surface area contributed by atoms with Crippen LogP contribution in [0.15, 0.2) is 23.2 Å². The lowest BCUT2D eigenvalue weighted by molar-refractivity contribution is -0.133. The third kappa shape index (κ3) is 5.57. The van der Waals surface area contributed by atoms with E-state index in [9.17, 15) is 9.90 Å². The van der Waals surface area contributed by atoms with E-state index >= 15 is 0 Å². The van der Waals surface area contributed by atoms with Crippen molar-refractivity contribution in [3.8, 4) is 11.5 Å². The van der Waals surface area contributed by atoms with Crippen molar-refractivity contribution in [2.75, 3.05) is 26.5 Å². The molecule has 22 heavy (non-hydrogen) atoms. The highest BCUT2D eigenvalue weighted by atomic mass is 32.2. The molecule has 0 aliphatic carbocycles. The summed E-state index contributed by atoms with van der Waals surface area (Å²) in [5.74, 6) is -0.560. The average molecular weight is 327 g/mol. The van der Waals surface area contributed by atoms with E-state index in [1.807, 2.05) is 13.8 Å². The van der Waals surface area contributed by atoms with Crippen molar-refractivity contribution < 1.29 is 24.5 Å². The molecule has 1 aromatic carbocycles. The number of benzene rings is 1. The summed E-state index contributed by atoms with van der Waals surface area (Å²) in [6.45, 7) is 4.13. The Morgan fingerprint density at radius 3 is 2.59 bits per heavy atom. The molecule has 0 spiro atoms. The van der Waals surface area contributed by atoms with E-state index in [0.29, 0.717) is 23.0 Å². The van der Waals surface area contributed by atoms with Crippen LogP contribution >= 0.6 is 11.8 Å². The van der Waals surface area contributed by atoms with Gasteiger partial charge in [0.05, 0.1) is 11.4 Å². The second kappa shape index (κ2) is 8.05. The fraction of sp³-hybridized carbons (Fsp3) is 0.467. The fourth-order valence-corrected chi connectivity index (χ4v) is 2.21. The SMILES string of the molecule is CN=C(SCC(=O)O)c1ccc(OCC(C)(C)OC)cc1O. The molecule has 2 N–H and O–H groups in total. The standard InChI is InChI=1S/C15H21NO5S/c1-15(2,20-4)9-21-10-5-6-11(12(17)7-10)14(16-3)22-8-13(18)19/h5-7,17H,8-9H2,1-4H3,(H,18,19). The number of nitrogens with zero attached hydrogens (tertiary/aromatic N) is 1. The number of carboxylic acids is 1. The highest BCUT2D eigenvalue weighted by Gasteiger charge is 2.18. The third-order valence-corrected chi connectivity index (χ3v) is 3.94. The minimum Gasteiger partial charge on any atom is -0.507 e. The highest BCUT2D eigenvalue weighted by Crippen LogP contribution is 2.28. The van der Waals surface area contributed by atoms with Crippen LogP contribution in [0.25, 0.3) is 0 Å². The highest BCUT2D eigenvalue weighted by molar-refractivity contribution is 8.14. The van der Waals surface area contributed by atoms with Crippen molar-refractivity contribution in [3.05, 3.63) is 23.8 Å². The van der Waals surface area contributed by atoms with Gasteiger partial charge < -0.3 is 19.7 Å². The van der Waals surface area contributed by atoms with Gasteiger partial charge in [-0.05, 0) is 26.0 Å². The molecule has 0 aromatic heterocycles. The van der Waals surface area contributed by atoms with Gasteiger partial charge in [0, 0.05) is 25.8 Å². The molecule has 6 nitrogen and oxygen atoms in total. The largest absolute Gasteiger partial charge is 0.507 e. The van der Waals surface area contributed by atoms with Crippen LogP contribution in [0.5, 0.6) is 11.5 Å². The number of aromatic hydroxyl groups is 1. The van der Waals surface area contributed by atoms with Crippen LogP contribution in [-0.2, 0) is 9.53 Å². The number of ether oxygens (including phenoxy) is 2. The second-order valence-corrected chi connectivity index (χ2v) is 6.11. The summed E-state index contributed by atoms with van der Waals surface area (Å²) in [6.07, 6.45) is 0. The summed E-state index contributed by atoms with van der Waals surface area (Å²) in [5, 5.41) is 19.3. The van der Waals surface area contributed by atoms with Gasteiger partial charge >= 0.3 is 5.97 Å². The molecule has 7 heteroatoms. The molecular weight excluding hydrogens is 306 g/mol. The van der Waals surface area contributed by atoms with Gasteiger partial charge in [-0.2, -0.15) is 0 Å². The van der Waals surface area contributed by atoms with Crippen molar-refractivity contribution in [2.45, 2.75) is 19.4 Å². The van der Waals surface area contributed by atoms with E-state index in [-0.39, 0.29) is 11.5 Å². The first-order valence-electron chi connectivity index (χ1n) is 6.62. The van der Waals surface area contributed by atoms with Gasteiger partial charge in [0.15, 0.2) is 0 Å². The molecule has 0 fully saturated rings. The monoisotopic (exact) mass is 327 g/mol. The number of methoxy groups -OCH3 is 1. The van der Waals surface area contributed by atoms with E-state index in [2.05, 4.69) is 4.99 Å². The quantitative estimate of drug-likeness (QED) is 0.590. The maximum Gasteiger partial charge on any atom is 0.313 e. The van der Waals surface area contributed by atoms with Crippen molar-refractivity contribution in [3.63, 3.8) is 0 Å². The van der Waals surface area contributed by atoms with Crippen LogP contribution in [0.3, 0.4) is 0 Å². The molecule has 1 rings (SSSR count). The van der Waals surface area contributed by atoms with Gasteiger partial charge in [0.2, 0.25) is 0 Å². The Bertz CT molecular complexity index is 557. The van der Waals surface area contributed by atoms with Crippen molar-refractivity contribution in [1.29, 1.82) is 0 Å². The number of hydrogen-bond acceptors (Lipinski definition) is 6. The van der Waals surface area contributed by atoms with Crippen molar-refractivity contribution >= 4 is 22.8 Å². The summed E-state index contributed by atoms with van der Waals surface area (Å²) < 4.78 is 10.8. The molecule has 0 saturated heterocycles. The zero-order valence-electron chi connectivity index (χ0n) is 13.1. The lowest BCUT2D eigenvalue weighted by atomic mass is 10.1. The molecule has 0 aliphatic heterocycles. The minimum atomic E-state index is -0.938. The molecule has 0 atom stereocenters. The normalized spacial score (nSPS) is 12.3. The zero-order valence-corrected chi connectivity index (χ0v) is 13.9. The minimum absolute atomic E-state index is 0.00814. The van der Waals surface area contributed by atoms with Crippen LogP contribution in [-0.4, -0.2) is 53.3 Å². The van der Waals surface area contributed by atoms with Crippen LogP contribution in [0.2, 0.25) is 0 Å². The van der Waals surface area contributed by atoms with Crippen LogP contribution in [0.4, 0.5) is 0 Å². The van der Waals surface area contributed by atoms with E-state index in [4.69, 9.17) is 14.6 Å². The van der Waals surface area contributed by atoms with Gasteiger partial charge in [0.1, 0.15) is 23.1 Å². The fourth-order valence-electron chi connectivity index (χ4n) is 1.49. The Labute approximate surface area is 134 Å². The Morgan fingerprint density at radius 2 is 2.09 bits per heavy atom. The molecule has 122 valence electrons. The van der Waals surface area contributed by atoms with Crippen LogP contribution < -0.4 is 4.74 Å². The molecule has 0 amide bonds. The number of aliphatic imine (C=N–C) groups is 1. The maximum absolute atomic E-state index is 10.6. The molecule has 0 bridgehead atoms. The number of carbonyl (C=O) groups is 1. The summed E-state index contributed by atoms with van der Waals surface area (Å²) >= 11 is 1.05. The summed E-state index contributed by atoms with van der Waals surface area (Å²) in [7, 11) is 3.16. The van der Waals surface area contributed by atoms with Crippen LogP contribution in [0, 0.1) is 0 Å². The predicted molar refractivity (Wildman–Crippen MR) is 87.2 cm³/mol. The predicted octanol–water partition coefficient (Wildman–Crippen LogP) is 2.39. The summed E-state index contributed by atoms with van der Waals surface area (Å²) in [4.78, 5) is 14.6. The van der Waals surface area contributed by atoms with Gasteiger partial charge in [-0.15, -0.1) is 0 Å². The Balaban J connectivity index is 2.82. The van der Waals surface area contributed by atoms with E-state index < -0.39 is 11.6 Å². The topological polar surface area (TPSA) is 88.4 Å². The second-order valence-electron chi connectivity index (χ2n) is 5.14. The number of thioether (sulfide) groups is 1. The summed E-state index contributed by atoms with van der Waals surface area (Å²) in [5.41, 5.74) is 0.0499. The maximum atomic E-state index is 10.6. The average Bonchev–Trinajstić information content (AvgIpc) is 2.47. The number of rotatable bonds is 7. The van der Waals surface area contributed by atoms with Gasteiger partial charge in [-0.25, -0.2) is 0 Å². The first-order chi connectivity index (χ1) is 10.3. The number of aliphatic carboxylic acids is 1. The first kappa shape index (κ1) is 18.3. The number of phenols is 1. The zero-order chi connectivity index (χ0) is 16.8. The van der Waals surface area contributed by atoms with E-state index in [1.165, 1.54) is 6.07 Å². The first-order valence-corrected chi connectivity index (χ1v) is 7.60. The molecule has 0 saturated carbocycles. The van der Waals surface area contributed by atoms with Crippen LogP contribution in [0.1, 0.15) is 19.4 Å². The Morgan fingerprint density at radius 1 is 1.41 bits per heavy atom. The number of phenolic OH excluding ortho intramolecular Hbond substituents is 1. The Hall–Kier alpha value is -1.73. The lowest BCUT2D eigenvalue weighted by Crippen LogP contribution is -2.30. The molecule has 0 aliphatic rings. The lowest BCUT2D eigenvalue weighted by Gasteiger charge is -2.23. The molecular formula is C15H21NO5S. The van der Waals surface area contributed by atoms with E-state index in [0.717, 1.165) is 11.8 Å². The number of hydrogen-bond donors (Lipinski definition) is 2. The van der Waals surface area contributed by atoms with Crippen molar-refractivity contribution in [1.82, 2.24) is 0 Å².